The van der Waals surface area contributed by atoms with Gasteiger partial charge in [-0.3, -0.25) is 14.4 Å². The third-order valence-corrected chi connectivity index (χ3v) is 5.94. The fourth-order valence-electron chi connectivity index (χ4n) is 4.12. The van der Waals surface area contributed by atoms with Gasteiger partial charge in [-0.1, -0.05) is 56.3 Å². The van der Waals surface area contributed by atoms with E-state index in [9.17, 15) is 14.4 Å². The first-order valence-corrected chi connectivity index (χ1v) is 10.8. The van der Waals surface area contributed by atoms with E-state index in [2.05, 4.69) is 13.8 Å². The van der Waals surface area contributed by atoms with E-state index in [-0.39, 0.29) is 18.1 Å². The van der Waals surface area contributed by atoms with Gasteiger partial charge in [-0.25, -0.2) is 4.90 Å². The van der Waals surface area contributed by atoms with Crippen LogP contribution < -0.4 is 4.90 Å². The summed E-state index contributed by atoms with van der Waals surface area (Å²) in [7, 11) is 0. The quantitative estimate of drug-likeness (QED) is 0.520. The molecule has 6 nitrogen and oxygen atoms in total. The van der Waals surface area contributed by atoms with Crippen LogP contribution in [0.25, 0.3) is 0 Å². The maximum Gasteiger partial charge on any atom is 0.290 e. The van der Waals surface area contributed by atoms with Crippen LogP contribution in [0.3, 0.4) is 0 Å². The fraction of sp³-hybridized carbons (Fsp3) is 0.269. The van der Waals surface area contributed by atoms with Gasteiger partial charge in [0, 0.05) is 0 Å². The van der Waals surface area contributed by atoms with Crippen molar-refractivity contribution in [2.75, 3.05) is 4.90 Å². The second-order valence-electron chi connectivity index (χ2n) is 8.31. The van der Waals surface area contributed by atoms with Crippen LogP contribution in [0.5, 0.6) is 0 Å². The van der Waals surface area contributed by atoms with Crippen LogP contribution in [0.2, 0.25) is 0 Å². The Balaban J connectivity index is 1.69. The molecule has 1 fully saturated rings. The highest BCUT2D eigenvalue weighted by Crippen LogP contribution is 2.33. The highest BCUT2D eigenvalue weighted by molar-refractivity contribution is 6.23. The first kappa shape index (κ1) is 21.6. The molecule has 2 heterocycles. The Kier molecular flexibility index (Phi) is 5.95. The summed E-state index contributed by atoms with van der Waals surface area (Å²) in [4.78, 5) is 42.4. The molecule has 2 aromatic carbocycles. The minimum absolute atomic E-state index is 0.0750. The molecule has 0 bridgehead atoms. The molecule has 1 saturated heterocycles. The van der Waals surface area contributed by atoms with E-state index in [1.165, 1.54) is 16.1 Å². The van der Waals surface area contributed by atoms with E-state index in [1.54, 1.807) is 24.3 Å². The Morgan fingerprint density at radius 1 is 0.938 bits per heavy atom. The lowest BCUT2D eigenvalue weighted by atomic mass is 10.0. The molecule has 4 rings (SSSR count). The molecule has 2 atom stereocenters. The normalized spacial score (nSPS) is 17.1. The summed E-state index contributed by atoms with van der Waals surface area (Å²) in [6.45, 7) is 6.02. The minimum Gasteiger partial charge on any atom is -0.459 e. The highest BCUT2D eigenvalue weighted by Gasteiger charge is 2.46. The Morgan fingerprint density at radius 3 is 2.22 bits per heavy atom. The summed E-state index contributed by atoms with van der Waals surface area (Å²) in [6.07, 6.45) is 1.34. The van der Waals surface area contributed by atoms with Crippen molar-refractivity contribution < 1.29 is 18.8 Å². The zero-order valence-corrected chi connectivity index (χ0v) is 18.4. The standard InChI is InChI=1S/C26H26N2O4/c1-17(2)19-11-13-21(14-12-19)28-24(29)16-22(25(28)30)27(26(31)23-10-7-15-32-23)18(3)20-8-5-4-6-9-20/h4-15,17-18,22H,16H2,1-3H3. The van der Waals surface area contributed by atoms with Crippen molar-refractivity contribution in [3.63, 3.8) is 0 Å². The molecular weight excluding hydrogens is 404 g/mol. The fourth-order valence-corrected chi connectivity index (χ4v) is 4.12. The molecule has 0 spiro atoms. The summed E-state index contributed by atoms with van der Waals surface area (Å²) < 4.78 is 5.33. The predicted molar refractivity (Wildman–Crippen MR) is 121 cm³/mol. The van der Waals surface area contributed by atoms with Crippen molar-refractivity contribution in [2.45, 2.75) is 45.2 Å². The van der Waals surface area contributed by atoms with Gasteiger partial charge in [0.25, 0.3) is 11.8 Å². The van der Waals surface area contributed by atoms with Gasteiger partial charge in [0.2, 0.25) is 5.91 Å². The number of nitrogens with zero attached hydrogens (tertiary/aromatic N) is 2. The van der Waals surface area contributed by atoms with Crippen molar-refractivity contribution in [1.29, 1.82) is 0 Å². The number of hydrogen-bond acceptors (Lipinski definition) is 4. The summed E-state index contributed by atoms with van der Waals surface area (Å²) in [5.74, 6) is -0.679. The number of anilines is 1. The Bertz CT molecular complexity index is 1100. The lowest BCUT2D eigenvalue weighted by molar-refractivity contribution is -0.123. The van der Waals surface area contributed by atoms with Gasteiger partial charge in [0.15, 0.2) is 5.76 Å². The Morgan fingerprint density at radius 2 is 1.62 bits per heavy atom. The first-order valence-electron chi connectivity index (χ1n) is 10.8. The molecule has 164 valence electrons. The van der Waals surface area contributed by atoms with Crippen LogP contribution in [0, 0.1) is 0 Å². The molecule has 0 saturated carbocycles. The summed E-state index contributed by atoms with van der Waals surface area (Å²) >= 11 is 0. The van der Waals surface area contributed by atoms with Gasteiger partial charge >= 0.3 is 0 Å². The van der Waals surface area contributed by atoms with Crippen LogP contribution in [0.1, 0.15) is 60.8 Å². The number of carbonyl (C=O) groups excluding carboxylic acids is 3. The zero-order chi connectivity index (χ0) is 22.8. The lowest BCUT2D eigenvalue weighted by Gasteiger charge is -2.33. The van der Waals surface area contributed by atoms with E-state index >= 15 is 0 Å². The van der Waals surface area contributed by atoms with Gasteiger partial charge in [0.05, 0.1) is 24.4 Å². The van der Waals surface area contributed by atoms with Crippen molar-refractivity contribution >= 4 is 23.4 Å². The third kappa shape index (κ3) is 3.96. The SMILES string of the molecule is CC(C)c1ccc(N2C(=O)CC(N(C(=O)c3ccco3)C(C)c3ccccc3)C2=O)cc1. The minimum atomic E-state index is -0.917. The van der Waals surface area contributed by atoms with Crippen molar-refractivity contribution in [2.24, 2.45) is 0 Å². The molecule has 6 heteroatoms. The van der Waals surface area contributed by atoms with Gasteiger partial charge < -0.3 is 9.32 Å². The van der Waals surface area contributed by atoms with Gasteiger partial charge in [0.1, 0.15) is 6.04 Å². The van der Waals surface area contributed by atoms with Crippen LogP contribution in [0.4, 0.5) is 5.69 Å². The maximum absolute atomic E-state index is 13.5. The second kappa shape index (κ2) is 8.83. The zero-order valence-electron chi connectivity index (χ0n) is 18.4. The van der Waals surface area contributed by atoms with Gasteiger partial charge in [-0.05, 0) is 48.2 Å². The molecule has 2 unspecified atom stereocenters. The van der Waals surface area contributed by atoms with E-state index < -0.39 is 23.9 Å². The third-order valence-electron chi connectivity index (χ3n) is 5.94. The lowest BCUT2D eigenvalue weighted by Crippen LogP contribution is -2.46. The number of amides is 3. The molecule has 32 heavy (non-hydrogen) atoms. The highest BCUT2D eigenvalue weighted by atomic mass is 16.3. The molecule has 3 aromatic rings. The molecule has 1 aliphatic rings. The first-order chi connectivity index (χ1) is 15.4. The average Bonchev–Trinajstić information content (AvgIpc) is 3.43. The molecule has 1 aliphatic heterocycles. The van der Waals surface area contributed by atoms with Gasteiger partial charge in [-0.15, -0.1) is 0 Å². The van der Waals surface area contributed by atoms with Crippen molar-refractivity contribution in [3.8, 4) is 0 Å². The molecule has 0 radical (unpaired) electrons. The summed E-state index contributed by atoms with van der Waals surface area (Å²) in [5.41, 5.74) is 2.51. The number of hydrogen-bond donors (Lipinski definition) is 0. The summed E-state index contributed by atoms with van der Waals surface area (Å²) in [5, 5.41) is 0. The van der Waals surface area contributed by atoms with Crippen LogP contribution in [0.15, 0.2) is 77.4 Å². The second-order valence-corrected chi connectivity index (χ2v) is 8.31. The van der Waals surface area contributed by atoms with Crippen molar-refractivity contribution in [1.82, 2.24) is 4.90 Å². The number of carbonyl (C=O) groups is 3. The van der Waals surface area contributed by atoms with Crippen LogP contribution in [-0.4, -0.2) is 28.7 Å². The number of imide groups is 1. The van der Waals surface area contributed by atoms with E-state index in [4.69, 9.17) is 4.42 Å². The average molecular weight is 431 g/mol. The Hall–Kier alpha value is -3.67. The van der Waals surface area contributed by atoms with Crippen LogP contribution in [-0.2, 0) is 9.59 Å². The molecule has 0 N–H and O–H groups in total. The predicted octanol–water partition coefficient (Wildman–Crippen LogP) is 4.94. The molecule has 0 aliphatic carbocycles. The van der Waals surface area contributed by atoms with Crippen LogP contribution >= 0.6 is 0 Å². The Labute approximate surface area is 187 Å². The van der Waals surface area contributed by atoms with E-state index in [0.29, 0.717) is 11.6 Å². The molecule has 1 aromatic heterocycles. The van der Waals surface area contributed by atoms with E-state index in [0.717, 1.165) is 11.1 Å². The number of furan rings is 1. The number of benzene rings is 2. The maximum atomic E-state index is 13.5. The smallest absolute Gasteiger partial charge is 0.290 e. The molecular formula is C26H26N2O4. The topological polar surface area (TPSA) is 70.8 Å². The van der Waals surface area contributed by atoms with E-state index in [1.807, 2.05) is 49.4 Å². The number of rotatable bonds is 6. The molecule has 3 amide bonds. The monoisotopic (exact) mass is 430 g/mol. The summed E-state index contributed by atoms with van der Waals surface area (Å²) in [6, 6.07) is 18.7. The van der Waals surface area contributed by atoms with Crippen molar-refractivity contribution in [3.05, 3.63) is 89.9 Å². The van der Waals surface area contributed by atoms with Gasteiger partial charge in [-0.2, -0.15) is 0 Å². The largest absolute Gasteiger partial charge is 0.459 e.